The molecule has 1 heterocycles. The van der Waals surface area contributed by atoms with Gasteiger partial charge in [0.1, 0.15) is 5.78 Å². The van der Waals surface area contributed by atoms with Crippen LogP contribution in [0.4, 0.5) is 5.69 Å². The molecule has 3 heteroatoms. The molecule has 18 heavy (non-hydrogen) atoms. The zero-order chi connectivity index (χ0) is 12.5. The van der Waals surface area contributed by atoms with Crippen LogP contribution in [-0.2, 0) is 4.79 Å². The van der Waals surface area contributed by atoms with E-state index in [1.807, 2.05) is 0 Å². The van der Waals surface area contributed by atoms with Crippen molar-refractivity contribution in [2.24, 2.45) is 0 Å². The normalized spacial score (nSPS) is 16.3. The Hall–Kier alpha value is -1.35. The quantitative estimate of drug-likeness (QED) is 0.799. The number of fused-ring (bicyclic) bond motifs is 1. The van der Waals surface area contributed by atoms with Gasteiger partial charge in [-0.3, -0.25) is 4.79 Å². The van der Waals surface area contributed by atoms with Crippen LogP contribution >= 0.6 is 15.9 Å². The Morgan fingerprint density at radius 1 is 0.944 bits per heavy atom. The second kappa shape index (κ2) is 4.73. The van der Waals surface area contributed by atoms with Crippen LogP contribution in [0.5, 0.6) is 0 Å². The molecule has 3 rings (SSSR count). The number of hydrogen-bond acceptors (Lipinski definition) is 2. The Bertz CT molecular complexity index is 598. The molecule has 0 saturated carbocycles. The van der Waals surface area contributed by atoms with E-state index in [0.29, 0.717) is 18.6 Å². The summed E-state index contributed by atoms with van der Waals surface area (Å²) in [6.45, 7) is 1.70. The summed E-state index contributed by atoms with van der Waals surface area (Å²) in [7, 11) is 0. The number of rotatable bonds is 1. The van der Waals surface area contributed by atoms with Crippen molar-refractivity contribution < 1.29 is 4.79 Å². The summed E-state index contributed by atoms with van der Waals surface area (Å²) in [4.78, 5) is 13.6. The van der Waals surface area contributed by atoms with Crippen LogP contribution < -0.4 is 4.90 Å². The maximum atomic E-state index is 11.3. The minimum absolute atomic E-state index is 0.385. The van der Waals surface area contributed by atoms with Crippen molar-refractivity contribution in [3.63, 3.8) is 0 Å². The fourth-order valence-corrected chi connectivity index (χ4v) is 2.79. The monoisotopic (exact) mass is 303 g/mol. The van der Waals surface area contributed by atoms with Gasteiger partial charge in [0.15, 0.2) is 0 Å². The first-order chi connectivity index (χ1) is 8.72. The number of nitrogens with zero attached hydrogens (tertiary/aromatic N) is 1. The van der Waals surface area contributed by atoms with Crippen molar-refractivity contribution in [3.8, 4) is 0 Å². The number of carbonyl (C=O) groups is 1. The second-order valence-corrected chi connectivity index (χ2v) is 5.62. The molecule has 0 atom stereocenters. The average Bonchev–Trinajstić information content (AvgIpc) is 2.39. The molecule has 0 bridgehead atoms. The summed E-state index contributed by atoms with van der Waals surface area (Å²) >= 11 is 3.49. The van der Waals surface area contributed by atoms with Crippen molar-refractivity contribution in [2.75, 3.05) is 18.0 Å². The fourth-order valence-electron chi connectivity index (χ4n) is 2.42. The molecular weight excluding hydrogens is 290 g/mol. The fraction of sp³-hybridized carbons (Fsp3) is 0.267. The number of anilines is 1. The van der Waals surface area contributed by atoms with Crippen molar-refractivity contribution >= 4 is 38.2 Å². The lowest BCUT2D eigenvalue weighted by atomic mass is 10.1. The van der Waals surface area contributed by atoms with Gasteiger partial charge in [0.25, 0.3) is 0 Å². The molecule has 1 aliphatic heterocycles. The highest BCUT2D eigenvalue weighted by Crippen LogP contribution is 2.26. The summed E-state index contributed by atoms with van der Waals surface area (Å²) < 4.78 is 1.10. The van der Waals surface area contributed by atoms with Crippen molar-refractivity contribution in [1.29, 1.82) is 0 Å². The maximum Gasteiger partial charge on any atom is 0.136 e. The molecule has 1 saturated heterocycles. The van der Waals surface area contributed by atoms with Gasteiger partial charge in [-0.2, -0.15) is 0 Å². The summed E-state index contributed by atoms with van der Waals surface area (Å²) in [5, 5.41) is 2.48. The van der Waals surface area contributed by atoms with Gasteiger partial charge in [0, 0.05) is 36.1 Å². The molecule has 0 N–H and O–H groups in total. The first-order valence-corrected chi connectivity index (χ1v) is 6.98. The Labute approximate surface area is 115 Å². The molecule has 1 fully saturated rings. The van der Waals surface area contributed by atoms with Gasteiger partial charge >= 0.3 is 0 Å². The topological polar surface area (TPSA) is 20.3 Å². The number of piperidine rings is 1. The van der Waals surface area contributed by atoms with Crippen LogP contribution in [-0.4, -0.2) is 18.9 Å². The predicted octanol–water partition coefficient (Wildman–Crippen LogP) is 3.77. The van der Waals surface area contributed by atoms with E-state index in [1.165, 1.54) is 16.5 Å². The first kappa shape index (κ1) is 11.7. The van der Waals surface area contributed by atoms with Gasteiger partial charge in [-0.15, -0.1) is 0 Å². The molecule has 0 amide bonds. The Morgan fingerprint density at radius 2 is 1.61 bits per heavy atom. The zero-order valence-corrected chi connectivity index (χ0v) is 11.6. The van der Waals surface area contributed by atoms with E-state index < -0.39 is 0 Å². The molecule has 0 unspecified atom stereocenters. The summed E-state index contributed by atoms with van der Waals surface area (Å²) in [5.74, 6) is 0.385. The molecule has 1 aliphatic rings. The van der Waals surface area contributed by atoms with E-state index in [4.69, 9.17) is 0 Å². The van der Waals surface area contributed by atoms with E-state index in [1.54, 1.807) is 0 Å². The van der Waals surface area contributed by atoms with Crippen LogP contribution in [0.3, 0.4) is 0 Å². The zero-order valence-electron chi connectivity index (χ0n) is 10.0. The van der Waals surface area contributed by atoms with Crippen molar-refractivity contribution in [3.05, 3.63) is 40.9 Å². The lowest BCUT2D eigenvalue weighted by Crippen LogP contribution is -2.33. The number of halogens is 1. The highest BCUT2D eigenvalue weighted by atomic mass is 79.9. The van der Waals surface area contributed by atoms with Crippen LogP contribution in [0.15, 0.2) is 40.9 Å². The van der Waals surface area contributed by atoms with Gasteiger partial charge in [0.05, 0.1) is 0 Å². The Balaban J connectivity index is 1.93. The van der Waals surface area contributed by atoms with Gasteiger partial charge < -0.3 is 4.90 Å². The number of ketones is 1. The van der Waals surface area contributed by atoms with Crippen molar-refractivity contribution in [2.45, 2.75) is 12.8 Å². The average molecular weight is 304 g/mol. The van der Waals surface area contributed by atoms with Gasteiger partial charge in [-0.25, -0.2) is 0 Å². The molecule has 2 aromatic rings. The lowest BCUT2D eigenvalue weighted by Gasteiger charge is -2.28. The minimum Gasteiger partial charge on any atom is -0.371 e. The second-order valence-electron chi connectivity index (χ2n) is 4.70. The first-order valence-electron chi connectivity index (χ1n) is 6.18. The van der Waals surface area contributed by atoms with Crippen LogP contribution in [0.25, 0.3) is 10.8 Å². The van der Waals surface area contributed by atoms with E-state index >= 15 is 0 Å². The highest BCUT2D eigenvalue weighted by molar-refractivity contribution is 9.10. The van der Waals surface area contributed by atoms with E-state index in [-0.39, 0.29) is 0 Å². The van der Waals surface area contributed by atoms with Gasteiger partial charge in [-0.1, -0.05) is 28.1 Å². The van der Waals surface area contributed by atoms with Crippen LogP contribution in [0.1, 0.15) is 12.8 Å². The van der Waals surface area contributed by atoms with E-state index in [9.17, 15) is 4.79 Å². The third kappa shape index (κ3) is 2.27. The molecular formula is C15H14BrNO. The molecule has 0 aliphatic carbocycles. The van der Waals surface area contributed by atoms with Gasteiger partial charge in [0.2, 0.25) is 0 Å². The lowest BCUT2D eigenvalue weighted by molar-refractivity contribution is -0.119. The summed E-state index contributed by atoms with van der Waals surface area (Å²) in [6.07, 6.45) is 1.36. The smallest absolute Gasteiger partial charge is 0.136 e. The molecule has 2 aromatic carbocycles. The molecule has 92 valence electrons. The molecule has 0 spiro atoms. The highest BCUT2D eigenvalue weighted by Gasteiger charge is 2.16. The number of carbonyl (C=O) groups excluding carboxylic acids is 1. The largest absolute Gasteiger partial charge is 0.371 e. The SMILES string of the molecule is O=C1CCN(c2ccc3cc(Br)ccc3c2)CC1. The maximum absolute atomic E-state index is 11.3. The third-order valence-corrected chi connectivity index (χ3v) is 3.97. The summed E-state index contributed by atoms with van der Waals surface area (Å²) in [5.41, 5.74) is 1.22. The number of Topliss-reactive ketones (excluding diaryl/α,β-unsaturated/α-hetero) is 1. The Kier molecular flexibility index (Phi) is 3.08. The standard InChI is InChI=1S/C15H14BrNO/c16-13-3-1-12-10-14(4-2-11(12)9-13)17-7-5-15(18)6-8-17/h1-4,9-10H,5-8H2. The number of hydrogen-bond donors (Lipinski definition) is 0. The van der Waals surface area contributed by atoms with Crippen LogP contribution in [0.2, 0.25) is 0 Å². The van der Waals surface area contributed by atoms with Crippen LogP contribution in [0, 0.1) is 0 Å². The third-order valence-electron chi connectivity index (χ3n) is 3.47. The minimum atomic E-state index is 0.385. The predicted molar refractivity (Wildman–Crippen MR) is 78.1 cm³/mol. The molecule has 0 radical (unpaired) electrons. The van der Waals surface area contributed by atoms with Crippen molar-refractivity contribution in [1.82, 2.24) is 0 Å². The van der Waals surface area contributed by atoms with E-state index in [2.05, 4.69) is 57.2 Å². The number of benzene rings is 2. The molecule has 2 nitrogen and oxygen atoms in total. The summed E-state index contributed by atoms with van der Waals surface area (Å²) in [6, 6.07) is 12.8. The Morgan fingerprint density at radius 3 is 2.39 bits per heavy atom. The molecule has 0 aromatic heterocycles. The van der Waals surface area contributed by atoms with E-state index in [0.717, 1.165) is 17.6 Å². The van der Waals surface area contributed by atoms with Gasteiger partial charge in [-0.05, 0) is 35.0 Å².